The van der Waals surface area contributed by atoms with Crippen LogP contribution in [0.25, 0.3) is 5.57 Å². The highest BCUT2D eigenvalue weighted by Crippen LogP contribution is 2.44. The van der Waals surface area contributed by atoms with Gasteiger partial charge in [-0.15, -0.1) is 5.10 Å². The Kier molecular flexibility index (Phi) is 7.77. The second-order valence-corrected chi connectivity index (χ2v) is 8.66. The number of hydrogen-bond acceptors (Lipinski definition) is 2. The molecule has 0 bridgehead atoms. The fourth-order valence-electron chi connectivity index (χ4n) is 4.23. The summed E-state index contributed by atoms with van der Waals surface area (Å²) in [6, 6.07) is 13.1. The van der Waals surface area contributed by atoms with E-state index in [1.54, 1.807) is 0 Å². The van der Waals surface area contributed by atoms with Gasteiger partial charge in [0.05, 0.1) is 0 Å². The molecular formula is C27H37N3. The van der Waals surface area contributed by atoms with E-state index in [0.717, 1.165) is 16.7 Å². The fourth-order valence-corrected chi connectivity index (χ4v) is 4.23. The van der Waals surface area contributed by atoms with Gasteiger partial charge < -0.3 is 5.73 Å². The van der Waals surface area contributed by atoms with E-state index in [2.05, 4.69) is 87.6 Å². The van der Waals surface area contributed by atoms with Gasteiger partial charge in [0.2, 0.25) is 0 Å². The van der Waals surface area contributed by atoms with E-state index < -0.39 is 0 Å². The summed E-state index contributed by atoms with van der Waals surface area (Å²) >= 11 is 0. The van der Waals surface area contributed by atoms with Gasteiger partial charge in [0, 0.05) is 13.1 Å². The maximum absolute atomic E-state index is 5.82. The number of benzene rings is 2. The molecule has 0 radical (unpaired) electrons. The summed E-state index contributed by atoms with van der Waals surface area (Å²) in [5.41, 5.74) is 14.9. The van der Waals surface area contributed by atoms with E-state index in [4.69, 9.17) is 5.73 Å². The number of rotatable bonds is 5. The SMILES string of the molecule is C=N/N=C(\N)Cc1ccc(C(=C)c2cc3c(cc2C)C(C)(C)CCC3C)cc1.CC. The van der Waals surface area contributed by atoms with Crippen molar-refractivity contribution in [3.05, 3.63) is 76.4 Å². The molecule has 0 aliphatic heterocycles. The molecule has 3 rings (SSSR count). The lowest BCUT2D eigenvalue weighted by Crippen LogP contribution is -2.26. The maximum Gasteiger partial charge on any atom is 0.126 e. The molecule has 0 fully saturated rings. The van der Waals surface area contributed by atoms with Crippen LogP contribution >= 0.6 is 0 Å². The zero-order chi connectivity index (χ0) is 22.5. The number of nitrogens with two attached hydrogens (primary N) is 1. The molecule has 1 aliphatic carbocycles. The molecule has 3 nitrogen and oxygen atoms in total. The monoisotopic (exact) mass is 403 g/mol. The molecule has 1 unspecified atom stereocenters. The molecule has 2 N–H and O–H groups in total. The number of nitrogens with zero attached hydrogens (tertiary/aromatic N) is 2. The van der Waals surface area contributed by atoms with E-state index in [1.807, 2.05) is 13.8 Å². The Labute approximate surface area is 182 Å². The Balaban J connectivity index is 0.00000155. The molecule has 1 atom stereocenters. The van der Waals surface area contributed by atoms with Crippen molar-refractivity contribution < 1.29 is 0 Å². The van der Waals surface area contributed by atoms with Gasteiger partial charge in [0.25, 0.3) is 0 Å². The first kappa shape index (κ1) is 23.6. The number of aryl methyl sites for hydroxylation is 1. The predicted molar refractivity (Wildman–Crippen MR) is 133 cm³/mol. The first-order valence-corrected chi connectivity index (χ1v) is 10.9. The smallest absolute Gasteiger partial charge is 0.126 e. The maximum atomic E-state index is 5.82. The molecular weight excluding hydrogens is 366 g/mol. The third kappa shape index (κ3) is 5.08. The van der Waals surface area contributed by atoms with Crippen LogP contribution in [-0.4, -0.2) is 12.6 Å². The topological polar surface area (TPSA) is 50.7 Å². The lowest BCUT2D eigenvalue weighted by molar-refractivity contribution is 0.402. The molecule has 0 saturated carbocycles. The highest BCUT2D eigenvalue weighted by Gasteiger charge is 2.31. The second kappa shape index (κ2) is 9.88. The highest BCUT2D eigenvalue weighted by molar-refractivity contribution is 5.83. The summed E-state index contributed by atoms with van der Waals surface area (Å²) in [5, 5.41) is 7.26. The van der Waals surface area contributed by atoms with Crippen LogP contribution in [-0.2, 0) is 11.8 Å². The Morgan fingerprint density at radius 2 is 1.80 bits per heavy atom. The van der Waals surface area contributed by atoms with Crippen molar-refractivity contribution in [2.75, 3.05) is 0 Å². The second-order valence-electron chi connectivity index (χ2n) is 8.66. The van der Waals surface area contributed by atoms with Gasteiger partial charge in [-0.3, -0.25) is 0 Å². The van der Waals surface area contributed by atoms with Crippen LogP contribution < -0.4 is 5.73 Å². The van der Waals surface area contributed by atoms with Crippen LogP contribution in [0, 0.1) is 6.92 Å². The van der Waals surface area contributed by atoms with Gasteiger partial charge in [0.15, 0.2) is 0 Å². The minimum atomic E-state index is 0.246. The summed E-state index contributed by atoms with van der Waals surface area (Å²) in [6.07, 6.45) is 3.05. The molecule has 30 heavy (non-hydrogen) atoms. The van der Waals surface area contributed by atoms with Crippen molar-refractivity contribution in [3.8, 4) is 0 Å². The molecule has 0 spiro atoms. The van der Waals surface area contributed by atoms with Crippen molar-refractivity contribution in [2.45, 2.75) is 72.1 Å². The number of amidine groups is 1. The van der Waals surface area contributed by atoms with Crippen molar-refractivity contribution in [2.24, 2.45) is 15.9 Å². The molecule has 160 valence electrons. The minimum Gasteiger partial charge on any atom is -0.385 e. The van der Waals surface area contributed by atoms with Crippen LogP contribution in [0.5, 0.6) is 0 Å². The Hall–Kier alpha value is -2.68. The summed E-state index contributed by atoms with van der Waals surface area (Å²) in [4.78, 5) is 0. The lowest BCUT2D eigenvalue weighted by atomic mass is 9.68. The third-order valence-electron chi connectivity index (χ3n) is 6.07. The third-order valence-corrected chi connectivity index (χ3v) is 6.07. The Morgan fingerprint density at radius 3 is 2.40 bits per heavy atom. The van der Waals surface area contributed by atoms with E-state index in [1.165, 1.54) is 35.1 Å². The largest absolute Gasteiger partial charge is 0.385 e. The number of fused-ring (bicyclic) bond motifs is 1. The summed E-state index contributed by atoms with van der Waals surface area (Å²) < 4.78 is 0. The zero-order valence-corrected chi connectivity index (χ0v) is 19.5. The summed E-state index contributed by atoms with van der Waals surface area (Å²) in [5.74, 6) is 1.06. The van der Waals surface area contributed by atoms with E-state index >= 15 is 0 Å². The Bertz CT molecular complexity index is 933. The van der Waals surface area contributed by atoms with Gasteiger partial charge in [0.1, 0.15) is 5.84 Å². The summed E-state index contributed by atoms with van der Waals surface area (Å²) in [6.45, 7) is 21.0. The van der Waals surface area contributed by atoms with E-state index in [0.29, 0.717) is 18.2 Å². The molecule has 0 heterocycles. The van der Waals surface area contributed by atoms with Crippen molar-refractivity contribution in [1.82, 2.24) is 0 Å². The zero-order valence-electron chi connectivity index (χ0n) is 19.5. The van der Waals surface area contributed by atoms with Gasteiger partial charge in [-0.05, 0) is 70.1 Å². The van der Waals surface area contributed by atoms with Crippen LogP contribution in [0.2, 0.25) is 0 Å². The van der Waals surface area contributed by atoms with Gasteiger partial charge in [-0.2, -0.15) is 5.10 Å². The average molecular weight is 404 g/mol. The van der Waals surface area contributed by atoms with Crippen LogP contribution in [0.1, 0.15) is 86.8 Å². The van der Waals surface area contributed by atoms with Crippen LogP contribution in [0.3, 0.4) is 0 Å². The average Bonchev–Trinajstić information content (AvgIpc) is 2.73. The first-order valence-electron chi connectivity index (χ1n) is 10.9. The molecule has 2 aromatic carbocycles. The first-order chi connectivity index (χ1) is 14.2. The summed E-state index contributed by atoms with van der Waals surface area (Å²) in [7, 11) is 0. The van der Waals surface area contributed by atoms with E-state index in [-0.39, 0.29) is 5.41 Å². The predicted octanol–water partition coefficient (Wildman–Crippen LogP) is 6.77. The quantitative estimate of drug-likeness (QED) is 0.334. The van der Waals surface area contributed by atoms with Crippen molar-refractivity contribution in [3.63, 3.8) is 0 Å². The lowest BCUT2D eigenvalue weighted by Gasteiger charge is -2.37. The van der Waals surface area contributed by atoms with Gasteiger partial charge >= 0.3 is 0 Å². The Morgan fingerprint density at radius 1 is 1.17 bits per heavy atom. The van der Waals surface area contributed by atoms with Gasteiger partial charge in [-0.1, -0.05) is 77.6 Å². The van der Waals surface area contributed by atoms with Gasteiger partial charge in [-0.25, -0.2) is 0 Å². The van der Waals surface area contributed by atoms with E-state index in [9.17, 15) is 0 Å². The van der Waals surface area contributed by atoms with Crippen LogP contribution in [0.4, 0.5) is 0 Å². The fraction of sp³-hybridized carbons (Fsp3) is 0.407. The minimum absolute atomic E-state index is 0.246. The highest BCUT2D eigenvalue weighted by atomic mass is 15.2. The van der Waals surface area contributed by atoms with Crippen LogP contribution in [0.15, 0.2) is 53.2 Å². The molecule has 0 aromatic heterocycles. The van der Waals surface area contributed by atoms with Crippen molar-refractivity contribution >= 4 is 18.1 Å². The molecule has 2 aromatic rings. The number of hydrogen-bond donors (Lipinski definition) is 1. The molecule has 3 heteroatoms. The normalized spacial score (nSPS) is 17.4. The standard InChI is InChI=1S/C25H31N3.C2H6/c1-16-11-12-25(4,5)23-13-17(2)21(15-22(16)23)18(3)20-9-7-19(8-10-20)14-24(26)28-27-6;1-2/h7-10,13,15-16H,3,6,11-12,14H2,1-2,4-5H3,(H2,26,28);1-2H3. The van der Waals surface area contributed by atoms with Crippen molar-refractivity contribution in [1.29, 1.82) is 0 Å². The molecule has 0 amide bonds. The molecule has 0 saturated heterocycles. The molecule has 1 aliphatic rings.